The minimum absolute atomic E-state index is 0.0712. The van der Waals surface area contributed by atoms with Crippen LogP contribution in [0, 0.1) is 11.8 Å². The molecule has 0 radical (unpaired) electrons. The van der Waals surface area contributed by atoms with E-state index in [1.54, 1.807) is 4.57 Å². The Morgan fingerprint density at radius 3 is 2.43 bits per heavy atom. The highest BCUT2D eigenvalue weighted by atomic mass is 16.2. The van der Waals surface area contributed by atoms with Crippen LogP contribution in [-0.2, 0) is 11.2 Å². The van der Waals surface area contributed by atoms with Gasteiger partial charge in [-0.2, -0.15) is 0 Å². The fourth-order valence-electron chi connectivity index (χ4n) is 5.31. The second kappa shape index (κ2) is 11.2. The number of amides is 1. The topological polar surface area (TPSA) is 55.2 Å². The van der Waals surface area contributed by atoms with Gasteiger partial charge in [-0.25, -0.2) is 4.98 Å². The van der Waals surface area contributed by atoms with Gasteiger partial charge in [0.2, 0.25) is 5.91 Å². The molecule has 1 amide bonds. The minimum atomic E-state index is -0.314. The van der Waals surface area contributed by atoms with Crippen molar-refractivity contribution in [2.24, 2.45) is 11.8 Å². The smallest absolute Gasteiger partial charge is 0.266 e. The number of aryl methyl sites for hydroxylation is 1. The molecule has 186 valence electrons. The number of hydrogen-bond acceptors (Lipinski definition) is 3. The Bertz CT molecular complexity index is 1220. The third kappa shape index (κ3) is 5.34. The van der Waals surface area contributed by atoms with Gasteiger partial charge in [-0.05, 0) is 62.3 Å². The maximum Gasteiger partial charge on any atom is 0.266 e. The molecule has 5 nitrogen and oxygen atoms in total. The van der Waals surface area contributed by atoms with Gasteiger partial charge in [0.1, 0.15) is 5.82 Å². The number of carbonyl (C=O) groups is 1. The zero-order valence-electron chi connectivity index (χ0n) is 21.7. The first-order valence-corrected chi connectivity index (χ1v) is 13.3. The van der Waals surface area contributed by atoms with Crippen LogP contribution in [-0.4, -0.2) is 26.9 Å². The first-order valence-electron chi connectivity index (χ1n) is 13.3. The molecule has 1 saturated carbocycles. The fourth-order valence-corrected chi connectivity index (χ4v) is 5.31. The Kier molecular flexibility index (Phi) is 8.04. The van der Waals surface area contributed by atoms with Crippen molar-refractivity contribution >= 4 is 16.8 Å². The second-order valence-electron chi connectivity index (χ2n) is 10.3. The fraction of sp³-hybridized carbons (Fsp3) is 0.500. The molecule has 3 aromatic rings. The van der Waals surface area contributed by atoms with Crippen LogP contribution in [0.2, 0.25) is 0 Å². The van der Waals surface area contributed by atoms with E-state index in [1.807, 2.05) is 54.3 Å². The van der Waals surface area contributed by atoms with Gasteiger partial charge in [0.15, 0.2) is 0 Å². The van der Waals surface area contributed by atoms with Crippen molar-refractivity contribution in [1.82, 2.24) is 14.5 Å². The van der Waals surface area contributed by atoms with Gasteiger partial charge in [0, 0.05) is 12.5 Å². The van der Waals surface area contributed by atoms with Crippen LogP contribution in [0.15, 0.2) is 53.3 Å². The molecule has 35 heavy (non-hydrogen) atoms. The second-order valence-corrected chi connectivity index (χ2v) is 10.3. The summed E-state index contributed by atoms with van der Waals surface area (Å²) in [4.78, 5) is 34.8. The molecule has 1 aliphatic carbocycles. The van der Waals surface area contributed by atoms with Crippen LogP contribution >= 0.6 is 0 Å². The number of aromatic nitrogens is 2. The zero-order valence-corrected chi connectivity index (χ0v) is 21.7. The van der Waals surface area contributed by atoms with Gasteiger partial charge in [-0.1, -0.05) is 70.4 Å². The number of nitrogens with zero attached hydrogens (tertiary/aromatic N) is 3. The molecule has 1 heterocycles. The summed E-state index contributed by atoms with van der Waals surface area (Å²) in [5.74, 6) is 1.41. The van der Waals surface area contributed by atoms with Crippen molar-refractivity contribution < 1.29 is 4.79 Å². The largest absolute Gasteiger partial charge is 0.333 e. The van der Waals surface area contributed by atoms with Crippen LogP contribution in [0.4, 0.5) is 0 Å². The highest BCUT2D eigenvalue weighted by Gasteiger charge is 2.32. The molecular weight excluding hydrogens is 434 g/mol. The number of carbonyl (C=O) groups excluding carboxylic acids is 1. The van der Waals surface area contributed by atoms with Crippen molar-refractivity contribution in [2.45, 2.75) is 78.7 Å². The van der Waals surface area contributed by atoms with Gasteiger partial charge in [0.25, 0.3) is 5.56 Å². The molecule has 4 rings (SSSR count). The Labute approximate surface area is 209 Å². The lowest BCUT2D eigenvalue weighted by Crippen LogP contribution is -2.42. The highest BCUT2D eigenvalue weighted by Crippen LogP contribution is 2.31. The predicted molar refractivity (Wildman–Crippen MR) is 143 cm³/mol. The molecule has 0 spiro atoms. The van der Waals surface area contributed by atoms with E-state index in [4.69, 9.17) is 4.98 Å². The normalized spacial score (nSPS) is 15.5. The molecule has 0 saturated heterocycles. The first kappa shape index (κ1) is 25.2. The standard InChI is InChI=1S/C30H39N3O2/c1-5-23-13-9-12-18-27(23)33-28(31-26-17-11-10-16-25(26)30(33)35)22(4)32(20-19-21(2)3)29(34)24-14-7-6-8-15-24/h9-13,16-18,21-22,24H,5-8,14-15,19-20H2,1-4H3. The molecule has 1 aliphatic rings. The van der Waals surface area contributed by atoms with E-state index in [1.165, 1.54) is 6.42 Å². The lowest BCUT2D eigenvalue weighted by Gasteiger charge is -2.35. The third-order valence-electron chi connectivity index (χ3n) is 7.44. The Hall–Kier alpha value is -2.95. The molecule has 1 fully saturated rings. The van der Waals surface area contributed by atoms with E-state index >= 15 is 0 Å². The minimum Gasteiger partial charge on any atom is -0.333 e. The maximum absolute atomic E-state index is 13.9. The summed E-state index contributed by atoms with van der Waals surface area (Å²) in [5.41, 5.74) is 2.55. The summed E-state index contributed by atoms with van der Waals surface area (Å²) < 4.78 is 1.77. The van der Waals surface area contributed by atoms with Gasteiger partial charge in [0.05, 0.1) is 22.6 Å². The Morgan fingerprint density at radius 1 is 1.03 bits per heavy atom. The summed E-state index contributed by atoms with van der Waals surface area (Å²) in [5, 5.41) is 0.599. The van der Waals surface area contributed by atoms with Crippen LogP contribution in [0.25, 0.3) is 16.6 Å². The molecule has 1 unspecified atom stereocenters. The summed E-state index contributed by atoms with van der Waals surface area (Å²) in [6.45, 7) is 9.20. The van der Waals surface area contributed by atoms with E-state index in [0.29, 0.717) is 29.2 Å². The van der Waals surface area contributed by atoms with Crippen LogP contribution in [0.5, 0.6) is 0 Å². The van der Waals surface area contributed by atoms with Crippen molar-refractivity contribution in [3.8, 4) is 5.69 Å². The quantitative estimate of drug-likeness (QED) is 0.377. The number of para-hydroxylation sites is 2. The summed E-state index contributed by atoms with van der Waals surface area (Å²) in [6, 6.07) is 15.2. The number of rotatable bonds is 8. The average Bonchev–Trinajstić information content (AvgIpc) is 2.89. The highest BCUT2D eigenvalue weighted by molar-refractivity contribution is 5.80. The average molecular weight is 474 g/mol. The molecule has 0 aliphatic heterocycles. The SMILES string of the molecule is CCc1ccccc1-n1c(C(C)N(CCC(C)C)C(=O)C2CCCCC2)nc2ccccc2c1=O. The van der Waals surface area contributed by atoms with Crippen molar-refractivity contribution in [2.75, 3.05) is 6.54 Å². The predicted octanol–water partition coefficient (Wildman–Crippen LogP) is 6.46. The van der Waals surface area contributed by atoms with E-state index in [0.717, 1.165) is 49.8 Å². The monoisotopic (exact) mass is 473 g/mol. The lowest BCUT2D eigenvalue weighted by molar-refractivity contribution is -0.139. The van der Waals surface area contributed by atoms with Crippen LogP contribution in [0.1, 0.15) is 83.6 Å². The van der Waals surface area contributed by atoms with Crippen LogP contribution in [0.3, 0.4) is 0 Å². The summed E-state index contributed by atoms with van der Waals surface area (Å²) in [7, 11) is 0. The van der Waals surface area contributed by atoms with Gasteiger partial charge >= 0.3 is 0 Å². The molecule has 0 bridgehead atoms. The number of hydrogen-bond donors (Lipinski definition) is 0. The van der Waals surface area contributed by atoms with E-state index in [9.17, 15) is 9.59 Å². The Balaban J connectivity index is 1.88. The van der Waals surface area contributed by atoms with Crippen molar-refractivity contribution in [3.63, 3.8) is 0 Å². The third-order valence-corrected chi connectivity index (χ3v) is 7.44. The van der Waals surface area contributed by atoms with Gasteiger partial charge in [-0.15, -0.1) is 0 Å². The molecule has 5 heteroatoms. The lowest BCUT2D eigenvalue weighted by atomic mass is 9.87. The summed E-state index contributed by atoms with van der Waals surface area (Å²) >= 11 is 0. The zero-order chi connectivity index (χ0) is 24.9. The van der Waals surface area contributed by atoms with Gasteiger partial charge < -0.3 is 4.90 Å². The van der Waals surface area contributed by atoms with E-state index in [2.05, 4.69) is 26.8 Å². The van der Waals surface area contributed by atoms with Crippen LogP contribution < -0.4 is 5.56 Å². The molecule has 1 aromatic heterocycles. The van der Waals surface area contributed by atoms with Crippen molar-refractivity contribution in [3.05, 3.63) is 70.3 Å². The molecule has 1 atom stereocenters. The maximum atomic E-state index is 13.9. The van der Waals surface area contributed by atoms with E-state index in [-0.39, 0.29) is 23.4 Å². The number of fused-ring (bicyclic) bond motifs is 1. The van der Waals surface area contributed by atoms with E-state index < -0.39 is 0 Å². The van der Waals surface area contributed by atoms with Gasteiger partial charge in [-0.3, -0.25) is 14.2 Å². The first-order chi connectivity index (χ1) is 16.9. The number of benzene rings is 2. The molecule has 0 N–H and O–H groups in total. The summed E-state index contributed by atoms with van der Waals surface area (Å²) in [6.07, 6.45) is 7.09. The molecule has 2 aromatic carbocycles. The van der Waals surface area contributed by atoms with Crippen molar-refractivity contribution in [1.29, 1.82) is 0 Å². The molecular formula is C30H39N3O2. The Morgan fingerprint density at radius 2 is 1.71 bits per heavy atom.